The van der Waals surface area contributed by atoms with Crippen LogP contribution >= 0.6 is 0 Å². The molecule has 0 unspecified atom stereocenters. The third kappa shape index (κ3) is 7.54. The third-order valence-corrected chi connectivity index (χ3v) is 2.82. The van der Waals surface area contributed by atoms with Gasteiger partial charge in [0, 0.05) is 12.1 Å². The smallest absolute Gasteiger partial charge is 0.407 e. The van der Waals surface area contributed by atoms with Crippen LogP contribution in [0.5, 0.6) is 5.75 Å². The van der Waals surface area contributed by atoms with Crippen LogP contribution in [0.1, 0.15) is 38.3 Å². The predicted octanol–water partition coefficient (Wildman–Crippen LogP) is 2.96. The molecule has 0 aliphatic carbocycles. The first-order valence-electron chi connectivity index (χ1n) is 7.47. The minimum absolute atomic E-state index is 0.0768. The van der Waals surface area contributed by atoms with Crippen LogP contribution in [0, 0.1) is 6.92 Å². The second-order valence-corrected chi connectivity index (χ2v) is 6.15. The topological polar surface area (TPSA) is 73.9 Å². The van der Waals surface area contributed by atoms with Crippen LogP contribution < -0.4 is 10.1 Å². The van der Waals surface area contributed by atoms with Crippen molar-refractivity contribution >= 4 is 12.1 Å². The average Bonchev–Trinajstić information content (AvgIpc) is 2.43. The first-order chi connectivity index (χ1) is 10.7. The summed E-state index contributed by atoms with van der Waals surface area (Å²) in [6.45, 7) is 7.58. The monoisotopic (exact) mass is 323 g/mol. The number of alkyl carbamates (subject to hydrolysis) is 1. The molecule has 0 saturated carbocycles. The molecule has 1 amide bonds. The number of esters is 1. The van der Waals surface area contributed by atoms with E-state index in [0.717, 1.165) is 11.1 Å². The maximum atomic E-state index is 11.7. The van der Waals surface area contributed by atoms with E-state index in [2.05, 4.69) is 5.32 Å². The second-order valence-electron chi connectivity index (χ2n) is 6.15. The summed E-state index contributed by atoms with van der Waals surface area (Å²) in [5, 5.41) is 2.51. The van der Waals surface area contributed by atoms with Crippen molar-refractivity contribution in [2.45, 2.75) is 46.3 Å². The van der Waals surface area contributed by atoms with Gasteiger partial charge >= 0.3 is 12.1 Å². The van der Waals surface area contributed by atoms with Crippen LogP contribution in [0.25, 0.3) is 0 Å². The van der Waals surface area contributed by atoms with Crippen LogP contribution in [0.15, 0.2) is 18.2 Å². The number of hydrogen-bond donors (Lipinski definition) is 1. The molecule has 0 atom stereocenters. The molecular weight excluding hydrogens is 298 g/mol. The Morgan fingerprint density at radius 3 is 2.52 bits per heavy atom. The maximum Gasteiger partial charge on any atom is 0.407 e. The van der Waals surface area contributed by atoms with E-state index in [1.165, 1.54) is 0 Å². The standard InChI is InChI=1S/C17H25NO5/c1-12-6-7-14(21-5)13(10-12)11-22-15(19)8-9-18-16(20)23-17(2,3)4/h6-7,10H,8-9,11H2,1-5H3,(H,18,20). The fourth-order valence-corrected chi connectivity index (χ4v) is 1.83. The number of ether oxygens (including phenoxy) is 3. The first-order valence-corrected chi connectivity index (χ1v) is 7.47. The Balaban J connectivity index is 2.35. The molecule has 1 rings (SSSR count). The Morgan fingerprint density at radius 2 is 1.91 bits per heavy atom. The lowest BCUT2D eigenvalue weighted by molar-refractivity contribution is -0.144. The Hall–Kier alpha value is -2.24. The van der Waals surface area contributed by atoms with Crippen LogP contribution in [0.2, 0.25) is 0 Å². The van der Waals surface area contributed by atoms with Gasteiger partial charge < -0.3 is 19.5 Å². The quantitative estimate of drug-likeness (QED) is 0.815. The number of carbonyl (C=O) groups is 2. The predicted molar refractivity (Wildman–Crippen MR) is 86.4 cm³/mol. The van der Waals surface area contributed by atoms with E-state index in [0.29, 0.717) is 5.75 Å². The molecule has 0 aliphatic rings. The normalized spacial score (nSPS) is 10.8. The highest BCUT2D eigenvalue weighted by atomic mass is 16.6. The molecule has 0 fully saturated rings. The van der Waals surface area contributed by atoms with Crippen molar-refractivity contribution in [3.63, 3.8) is 0 Å². The van der Waals surface area contributed by atoms with E-state index < -0.39 is 17.7 Å². The highest BCUT2D eigenvalue weighted by Crippen LogP contribution is 2.20. The van der Waals surface area contributed by atoms with Crippen LogP contribution in [0.3, 0.4) is 0 Å². The lowest BCUT2D eigenvalue weighted by atomic mass is 10.1. The average molecular weight is 323 g/mol. The van der Waals surface area contributed by atoms with Gasteiger partial charge in [0.05, 0.1) is 13.5 Å². The van der Waals surface area contributed by atoms with E-state index in [9.17, 15) is 9.59 Å². The number of rotatable bonds is 6. The highest BCUT2D eigenvalue weighted by molar-refractivity contribution is 5.72. The lowest BCUT2D eigenvalue weighted by Crippen LogP contribution is -2.33. The molecule has 0 saturated heterocycles. The van der Waals surface area contributed by atoms with Crippen molar-refractivity contribution in [2.75, 3.05) is 13.7 Å². The molecule has 1 N–H and O–H groups in total. The summed E-state index contributed by atoms with van der Waals surface area (Å²) in [6.07, 6.45) is -0.474. The SMILES string of the molecule is COc1ccc(C)cc1COC(=O)CCNC(=O)OC(C)(C)C. The number of aryl methyl sites for hydroxylation is 1. The Morgan fingerprint density at radius 1 is 1.22 bits per heavy atom. The van der Waals surface area contributed by atoms with Gasteiger partial charge in [0.1, 0.15) is 18.0 Å². The molecule has 128 valence electrons. The van der Waals surface area contributed by atoms with Crippen LogP contribution in [0.4, 0.5) is 4.79 Å². The van der Waals surface area contributed by atoms with E-state index in [1.54, 1.807) is 27.9 Å². The molecule has 1 aromatic carbocycles. The molecular formula is C17H25NO5. The Labute approximate surface area is 137 Å². The van der Waals surface area contributed by atoms with Gasteiger partial charge in [-0.2, -0.15) is 0 Å². The third-order valence-electron chi connectivity index (χ3n) is 2.82. The summed E-state index contributed by atoms with van der Waals surface area (Å²) in [6, 6.07) is 5.67. The largest absolute Gasteiger partial charge is 0.496 e. The van der Waals surface area contributed by atoms with Crippen molar-refractivity contribution in [3.8, 4) is 5.75 Å². The fraction of sp³-hybridized carbons (Fsp3) is 0.529. The zero-order chi connectivity index (χ0) is 17.5. The molecule has 6 heteroatoms. The number of nitrogens with one attached hydrogen (secondary N) is 1. The molecule has 0 radical (unpaired) electrons. The van der Waals surface area contributed by atoms with Gasteiger partial charge in [-0.15, -0.1) is 0 Å². The number of methoxy groups -OCH3 is 1. The van der Waals surface area contributed by atoms with Crippen molar-refractivity contribution in [1.29, 1.82) is 0 Å². The van der Waals surface area contributed by atoms with Crippen molar-refractivity contribution < 1.29 is 23.8 Å². The Bertz CT molecular complexity index is 548. The summed E-state index contributed by atoms with van der Waals surface area (Å²) in [7, 11) is 1.57. The zero-order valence-electron chi connectivity index (χ0n) is 14.4. The number of hydrogen-bond acceptors (Lipinski definition) is 5. The van der Waals surface area contributed by atoms with Gasteiger partial charge in [0.15, 0.2) is 0 Å². The van der Waals surface area contributed by atoms with Crippen molar-refractivity contribution in [3.05, 3.63) is 29.3 Å². The van der Waals surface area contributed by atoms with Crippen LogP contribution in [-0.2, 0) is 20.9 Å². The summed E-state index contributed by atoms with van der Waals surface area (Å²) in [5.41, 5.74) is 1.30. The van der Waals surface area contributed by atoms with Gasteiger partial charge in [-0.25, -0.2) is 4.79 Å². The summed E-state index contributed by atoms with van der Waals surface area (Å²) in [4.78, 5) is 23.2. The first kappa shape index (κ1) is 18.8. The van der Waals surface area contributed by atoms with Gasteiger partial charge in [-0.1, -0.05) is 11.6 Å². The molecule has 23 heavy (non-hydrogen) atoms. The number of benzene rings is 1. The molecule has 0 bridgehead atoms. The lowest BCUT2D eigenvalue weighted by Gasteiger charge is -2.19. The van der Waals surface area contributed by atoms with Crippen LogP contribution in [-0.4, -0.2) is 31.3 Å². The van der Waals surface area contributed by atoms with Gasteiger partial charge in [0.25, 0.3) is 0 Å². The molecule has 0 spiro atoms. The second kappa shape index (κ2) is 8.41. The van der Waals surface area contributed by atoms with E-state index in [-0.39, 0.29) is 19.6 Å². The maximum absolute atomic E-state index is 11.7. The number of amides is 1. The molecule has 1 aromatic rings. The molecule has 6 nitrogen and oxygen atoms in total. The summed E-state index contributed by atoms with van der Waals surface area (Å²) in [5.74, 6) is 0.278. The minimum Gasteiger partial charge on any atom is -0.496 e. The van der Waals surface area contributed by atoms with Crippen molar-refractivity contribution in [1.82, 2.24) is 5.32 Å². The number of carbonyl (C=O) groups excluding carboxylic acids is 2. The summed E-state index contributed by atoms with van der Waals surface area (Å²) < 4.78 is 15.5. The van der Waals surface area contributed by atoms with Gasteiger partial charge in [0.2, 0.25) is 0 Å². The van der Waals surface area contributed by atoms with E-state index in [4.69, 9.17) is 14.2 Å². The van der Waals surface area contributed by atoms with Crippen molar-refractivity contribution in [2.24, 2.45) is 0 Å². The zero-order valence-corrected chi connectivity index (χ0v) is 14.4. The molecule has 0 aliphatic heterocycles. The van der Waals surface area contributed by atoms with E-state index >= 15 is 0 Å². The summed E-state index contributed by atoms with van der Waals surface area (Å²) >= 11 is 0. The molecule has 0 aromatic heterocycles. The highest BCUT2D eigenvalue weighted by Gasteiger charge is 2.16. The van der Waals surface area contributed by atoms with E-state index in [1.807, 2.05) is 25.1 Å². The van der Waals surface area contributed by atoms with Gasteiger partial charge in [-0.05, 0) is 39.8 Å². The fourth-order valence-electron chi connectivity index (χ4n) is 1.83. The van der Waals surface area contributed by atoms with Gasteiger partial charge in [-0.3, -0.25) is 4.79 Å². The molecule has 0 heterocycles. The minimum atomic E-state index is -0.563. The Kier molecular flexibility index (Phi) is 6.88.